The van der Waals surface area contributed by atoms with Crippen LogP contribution in [0.1, 0.15) is 34.3 Å². The lowest BCUT2D eigenvalue weighted by Crippen LogP contribution is -2.60. The van der Waals surface area contributed by atoms with Gasteiger partial charge in [0.25, 0.3) is 0 Å². The first-order chi connectivity index (χ1) is 19.0. The van der Waals surface area contributed by atoms with Crippen molar-refractivity contribution >= 4 is 52.3 Å². The van der Waals surface area contributed by atoms with Gasteiger partial charge in [-0.05, 0) is 31.0 Å². The Morgan fingerprint density at radius 3 is 2.35 bits per heavy atom. The van der Waals surface area contributed by atoms with Crippen molar-refractivity contribution in [3.8, 4) is 5.75 Å². The number of ether oxygens (including phenoxy) is 1. The Morgan fingerprint density at radius 1 is 1.10 bits per heavy atom. The molecule has 1 aromatic carbocycles. The fraction of sp³-hybridized carbons (Fsp3) is 0.259. The zero-order chi connectivity index (χ0) is 28.8. The largest absolute Gasteiger partial charge is 0.512 e. The van der Waals surface area contributed by atoms with E-state index in [9.17, 15) is 19.4 Å². The van der Waals surface area contributed by atoms with Gasteiger partial charge in [-0.1, -0.05) is 40.9 Å². The number of β-amino-alcohol motifs (C(OH)–C–C–N with tert-alkyl or cyclic N) is 1. The van der Waals surface area contributed by atoms with Gasteiger partial charge in [0.05, 0.1) is 45.0 Å². The molecular formula is C27H22Cl3FN4O5. The van der Waals surface area contributed by atoms with Crippen LogP contribution < -0.4 is 9.64 Å². The molecule has 208 valence electrons. The molecular weight excluding hydrogens is 586 g/mol. The van der Waals surface area contributed by atoms with Crippen molar-refractivity contribution in [2.24, 2.45) is 5.92 Å². The monoisotopic (exact) mass is 606 g/mol. The lowest BCUT2D eigenvalue weighted by molar-refractivity contribution is 0.00670. The summed E-state index contributed by atoms with van der Waals surface area (Å²) >= 11 is 19.0. The highest BCUT2D eigenvalue weighted by atomic mass is 35.5. The third-order valence-electron chi connectivity index (χ3n) is 6.78. The number of aliphatic hydroxyl groups excluding tert-OH is 1. The van der Waals surface area contributed by atoms with Crippen LogP contribution in [0, 0.1) is 17.1 Å². The third-order valence-corrected chi connectivity index (χ3v) is 7.66. The second-order valence-electron chi connectivity index (χ2n) is 9.64. The summed E-state index contributed by atoms with van der Waals surface area (Å²) in [5, 5.41) is 40.1. The molecule has 1 saturated carbocycles. The average molecular weight is 608 g/mol. The van der Waals surface area contributed by atoms with E-state index in [1.54, 1.807) is 12.1 Å². The number of halogens is 4. The summed E-state index contributed by atoms with van der Waals surface area (Å²) in [4.78, 5) is 20.3. The second kappa shape index (κ2) is 10.9. The molecule has 9 nitrogen and oxygen atoms in total. The minimum absolute atomic E-state index is 0.0178. The summed E-state index contributed by atoms with van der Waals surface area (Å²) in [6.07, 6.45) is 5.37. The Hall–Kier alpha value is -3.44. The average Bonchev–Trinajstić information content (AvgIpc) is 3.72. The fourth-order valence-electron chi connectivity index (χ4n) is 4.48. The predicted octanol–water partition coefficient (Wildman–Crippen LogP) is 5.65. The van der Waals surface area contributed by atoms with E-state index in [0.29, 0.717) is 11.3 Å². The fourth-order valence-corrected chi connectivity index (χ4v) is 5.38. The number of anilines is 1. The van der Waals surface area contributed by atoms with Crippen LogP contribution in [-0.2, 0) is 5.60 Å². The number of carboxylic acids is 1. The number of aliphatic hydroxyl groups is 2. The number of aromatic carboxylic acids is 1. The molecule has 1 aliphatic carbocycles. The number of benzene rings is 1. The highest BCUT2D eigenvalue weighted by Crippen LogP contribution is 2.41. The molecule has 4 N–H and O–H groups in total. The quantitative estimate of drug-likeness (QED) is 0.181. The van der Waals surface area contributed by atoms with Crippen LogP contribution in [-0.4, -0.2) is 56.7 Å². The van der Waals surface area contributed by atoms with E-state index >= 15 is 0 Å². The molecule has 40 heavy (non-hydrogen) atoms. The maximum Gasteiger partial charge on any atom is 0.337 e. The number of hydrogen-bond donors (Lipinski definition) is 4. The highest BCUT2D eigenvalue weighted by molar-refractivity contribution is 6.41. The minimum Gasteiger partial charge on any atom is -0.512 e. The van der Waals surface area contributed by atoms with E-state index in [0.717, 1.165) is 25.1 Å². The van der Waals surface area contributed by atoms with Gasteiger partial charge in [-0.2, -0.15) is 0 Å². The van der Waals surface area contributed by atoms with Crippen LogP contribution in [0.25, 0.3) is 0 Å². The molecule has 0 bridgehead atoms. The zero-order valence-corrected chi connectivity index (χ0v) is 22.9. The van der Waals surface area contributed by atoms with Crippen molar-refractivity contribution < 1.29 is 29.2 Å². The van der Waals surface area contributed by atoms with Crippen LogP contribution in [0.5, 0.6) is 5.75 Å². The maximum atomic E-state index is 14.4. The number of allylic oxidation sites excluding steroid dienone is 1. The number of rotatable bonds is 9. The number of nitrogens with zero attached hydrogens (tertiary/aromatic N) is 3. The Morgan fingerprint density at radius 2 is 1.77 bits per heavy atom. The van der Waals surface area contributed by atoms with E-state index in [1.165, 1.54) is 23.4 Å². The van der Waals surface area contributed by atoms with Crippen LogP contribution in [0.4, 0.5) is 10.2 Å². The van der Waals surface area contributed by atoms with E-state index in [4.69, 9.17) is 50.1 Å². The maximum absolute atomic E-state index is 14.4. The third kappa shape index (κ3) is 5.44. The van der Waals surface area contributed by atoms with Gasteiger partial charge in [0.15, 0.2) is 11.6 Å². The number of carbonyl (C=O) groups is 1. The molecule has 2 aromatic heterocycles. The molecule has 5 rings (SSSR count). The van der Waals surface area contributed by atoms with Crippen molar-refractivity contribution in [2.45, 2.75) is 18.4 Å². The number of carboxylic acid groups (broad SMARTS) is 1. The topological polar surface area (TPSA) is 140 Å². The standard InChI is InChI=1S/C27H22Cl3FN4O5/c28-18-6-15(40-10-16(24(36)13-1-2-13)23(32)22-19(29)8-33-9-20(22)30)3-4-17(18)27(39)11-35(12-27)25-21(31)5-14(7-34-25)26(37)38/h3-9,13,32,36,39H,1-2,10-12H2,(H,37,38)/b24-16-,32-23?. The van der Waals surface area contributed by atoms with Gasteiger partial charge in [0, 0.05) is 35.6 Å². The number of aromatic nitrogens is 2. The highest BCUT2D eigenvalue weighted by Gasteiger charge is 2.45. The Balaban J connectivity index is 1.30. The Kier molecular flexibility index (Phi) is 7.62. The molecule has 2 fully saturated rings. The normalized spacial score (nSPS) is 16.7. The van der Waals surface area contributed by atoms with E-state index < -0.39 is 17.4 Å². The smallest absolute Gasteiger partial charge is 0.337 e. The predicted molar refractivity (Wildman–Crippen MR) is 148 cm³/mol. The summed E-state index contributed by atoms with van der Waals surface area (Å²) < 4.78 is 20.3. The van der Waals surface area contributed by atoms with Crippen LogP contribution in [0.3, 0.4) is 0 Å². The van der Waals surface area contributed by atoms with Crippen LogP contribution in [0.2, 0.25) is 15.1 Å². The summed E-state index contributed by atoms with van der Waals surface area (Å²) in [6, 6.07) is 5.55. The second-order valence-corrected chi connectivity index (χ2v) is 10.9. The number of nitrogens with one attached hydrogen (secondary N) is 1. The molecule has 1 aliphatic heterocycles. The molecule has 0 amide bonds. The van der Waals surface area contributed by atoms with Gasteiger partial charge in [0.1, 0.15) is 23.7 Å². The van der Waals surface area contributed by atoms with Gasteiger partial charge in [-0.15, -0.1) is 0 Å². The van der Waals surface area contributed by atoms with E-state index in [2.05, 4.69) is 9.97 Å². The lowest BCUT2D eigenvalue weighted by Gasteiger charge is -2.47. The van der Waals surface area contributed by atoms with Crippen LogP contribution >= 0.6 is 34.8 Å². The first-order valence-electron chi connectivity index (χ1n) is 12.1. The van der Waals surface area contributed by atoms with Crippen molar-refractivity contribution in [1.29, 1.82) is 5.41 Å². The van der Waals surface area contributed by atoms with Crippen molar-refractivity contribution in [2.75, 3.05) is 24.6 Å². The molecule has 2 aliphatic rings. The van der Waals surface area contributed by atoms with Gasteiger partial charge in [-0.25, -0.2) is 14.2 Å². The number of pyridine rings is 2. The van der Waals surface area contributed by atoms with Gasteiger partial charge in [-0.3, -0.25) is 10.4 Å². The summed E-state index contributed by atoms with van der Waals surface area (Å²) in [5.41, 5.74) is -0.902. The van der Waals surface area contributed by atoms with Gasteiger partial charge in [0.2, 0.25) is 0 Å². The molecule has 0 radical (unpaired) electrons. The first kappa shape index (κ1) is 28.1. The molecule has 1 saturated heterocycles. The first-order valence-corrected chi connectivity index (χ1v) is 13.2. The van der Waals surface area contributed by atoms with E-state index in [-0.39, 0.29) is 74.7 Å². The minimum atomic E-state index is -1.40. The molecule has 13 heteroatoms. The summed E-state index contributed by atoms with van der Waals surface area (Å²) in [5.74, 6) is -1.88. The molecule has 0 spiro atoms. The molecule has 3 heterocycles. The molecule has 3 aromatic rings. The lowest BCUT2D eigenvalue weighted by atomic mass is 9.86. The number of hydrogen-bond acceptors (Lipinski definition) is 8. The van der Waals surface area contributed by atoms with Crippen molar-refractivity contribution in [3.63, 3.8) is 0 Å². The van der Waals surface area contributed by atoms with Crippen LogP contribution in [0.15, 0.2) is 54.2 Å². The molecule has 0 atom stereocenters. The Labute approximate surface area is 242 Å². The zero-order valence-electron chi connectivity index (χ0n) is 20.7. The van der Waals surface area contributed by atoms with Gasteiger partial charge < -0.3 is 25.0 Å². The summed E-state index contributed by atoms with van der Waals surface area (Å²) in [7, 11) is 0. The van der Waals surface area contributed by atoms with Crippen molar-refractivity contribution in [3.05, 3.63) is 91.8 Å². The molecule has 0 unspecified atom stereocenters. The SMILES string of the molecule is N=C(/C(COc1ccc(C2(O)CN(c3ncc(C(=O)O)cc3F)C2)c(Cl)c1)=C(\O)C1CC1)c1c(Cl)cncc1Cl. The van der Waals surface area contributed by atoms with Crippen molar-refractivity contribution in [1.82, 2.24) is 9.97 Å². The Bertz CT molecular complexity index is 1540. The summed E-state index contributed by atoms with van der Waals surface area (Å²) in [6.45, 7) is -0.201. The van der Waals surface area contributed by atoms with E-state index in [1.807, 2.05) is 0 Å². The van der Waals surface area contributed by atoms with Gasteiger partial charge >= 0.3 is 5.97 Å².